The molecule has 0 unspecified atom stereocenters. The topological polar surface area (TPSA) is 29.3 Å². The highest BCUT2D eigenvalue weighted by Gasteiger charge is 2.20. The molecular weight excluding hydrogens is 254 g/mol. The van der Waals surface area contributed by atoms with Gasteiger partial charge in [-0.05, 0) is 43.0 Å². The lowest BCUT2D eigenvalue weighted by atomic mass is 10.1. The van der Waals surface area contributed by atoms with Crippen molar-refractivity contribution in [3.8, 4) is 10.4 Å². The summed E-state index contributed by atoms with van der Waals surface area (Å²) in [5.74, 6) is 0. The molecular formula is C15H15N3S. The van der Waals surface area contributed by atoms with Crippen LogP contribution < -0.4 is 5.32 Å². The van der Waals surface area contributed by atoms with Gasteiger partial charge in [-0.15, -0.1) is 11.3 Å². The molecule has 1 saturated heterocycles. The van der Waals surface area contributed by atoms with E-state index in [1.165, 1.54) is 34.5 Å². The number of hydrogen-bond donors (Lipinski definition) is 1. The highest BCUT2D eigenvalue weighted by molar-refractivity contribution is 7.13. The zero-order chi connectivity index (χ0) is 12.7. The van der Waals surface area contributed by atoms with E-state index in [9.17, 15) is 0 Å². The van der Waals surface area contributed by atoms with Gasteiger partial charge in [0.25, 0.3) is 0 Å². The molecule has 1 fully saturated rings. The van der Waals surface area contributed by atoms with Crippen LogP contribution in [-0.4, -0.2) is 15.9 Å². The number of thiophene rings is 1. The number of nitrogens with zero attached hydrogens (tertiary/aromatic N) is 2. The standard InChI is InChI=1S/C15H15N3S/c1-3-12(16-7-1)15-13-6-5-11(9-18(13)10-17-15)14-4-2-8-19-14/h2,4-6,8-10,12,16H,1,3,7H2/t12-/m0/s1. The van der Waals surface area contributed by atoms with E-state index in [0.717, 1.165) is 6.54 Å². The molecule has 0 aliphatic carbocycles. The van der Waals surface area contributed by atoms with Gasteiger partial charge in [0.15, 0.2) is 0 Å². The normalized spacial score (nSPS) is 19.3. The van der Waals surface area contributed by atoms with Gasteiger partial charge in [-0.2, -0.15) is 0 Å². The third-order valence-corrected chi connectivity index (χ3v) is 4.68. The molecule has 4 heterocycles. The van der Waals surface area contributed by atoms with Gasteiger partial charge < -0.3 is 9.72 Å². The molecule has 0 saturated carbocycles. The smallest absolute Gasteiger partial charge is 0.0996 e. The second-order valence-corrected chi connectivity index (χ2v) is 5.91. The summed E-state index contributed by atoms with van der Waals surface area (Å²) >= 11 is 1.77. The molecule has 1 aliphatic rings. The minimum absolute atomic E-state index is 0.428. The van der Waals surface area contributed by atoms with Crippen molar-refractivity contribution < 1.29 is 0 Å². The van der Waals surface area contributed by atoms with E-state index in [1.54, 1.807) is 11.3 Å². The van der Waals surface area contributed by atoms with Crippen LogP contribution in [0.25, 0.3) is 16.0 Å². The Morgan fingerprint density at radius 3 is 3.11 bits per heavy atom. The van der Waals surface area contributed by atoms with E-state index >= 15 is 0 Å². The first-order chi connectivity index (χ1) is 9.42. The van der Waals surface area contributed by atoms with Crippen LogP contribution in [0.3, 0.4) is 0 Å². The van der Waals surface area contributed by atoms with E-state index in [2.05, 4.69) is 50.5 Å². The van der Waals surface area contributed by atoms with E-state index < -0.39 is 0 Å². The van der Waals surface area contributed by atoms with Crippen LogP contribution in [0.2, 0.25) is 0 Å². The summed E-state index contributed by atoms with van der Waals surface area (Å²) in [6.45, 7) is 1.11. The largest absolute Gasteiger partial charge is 0.309 e. The highest BCUT2D eigenvalue weighted by Crippen LogP contribution is 2.29. The number of rotatable bonds is 2. The summed E-state index contributed by atoms with van der Waals surface area (Å²) < 4.78 is 2.14. The fraction of sp³-hybridized carbons (Fsp3) is 0.267. The van der Waals surface area contributed by atoms with E-state index in [4.69, 9.17) is 0 Å². The highest BCUT2D eigenvalue weighted by atomic mass is 32.1. The molecule has 0 aromatic carbocycles. The van der Waals surface area contributed by atoms with Crippen molar-refractivity contribution in [1.82, 2.24) is 14.7 Å². The first-order valence-electron chi connectivity index (χ1n) is 6.66. The van der Waals surface area contributed by atoms with Gasteiger partial charge in [-0.25, -0.2) is 4.98 Å². The predicted octanol–water partition coefficient (Wildman–Crippen LogP) is 3.49. The van der Waals surface area contributed by atoms with E-state index in [1.807, 2.05) is 6.33 Å². The van der Waals surface area contributed by atoms with Gasteiger partial charge >= 0.3 is 0 Å². The lowest BCUT2D eigenvalue weighted by Crippen LogP contribution is -2.13. The van der Waals surface area contributed by atoms with Crippen LogP contribution in [0.15, 0.2) is 42.2 Å². The fourth-order valence-electron chi connectivity index (χ4n) is 2.80. The molecule has 3 aromatic heterocycles. The van der Waals surface area contributed by atoms with Gasteiger partial charge in [-0.1, -0.05) is 6.07 Å². The Bertz CT molecular complexity index is 693. The van der Waals surface area contributed by atoms with Crippen molar-refractivity contribution in [2.45, 2.75) is 18.9 Å². The molecule has 0 bridgehead atoms. The van der Waals surface area contributed by atoms with Gasteiger partial charge in [0.1, 0.15) is 0 Å². The second-order valence-electron chi connectivity index (χ2n) is 4.97. The summed E-state index contributed by atoms with van der Waals surface area (Å²) in [5.41, 5.74) is 3.67. The minimum atomic E-state index is 0.428. The first-order valence-corrected chi connectivity index (χ1v) is 7.54. The van der Waals surface area contributed by atoms with Gasteiger partial charge in [-0.3, -0.25) is 0 Å². The molecule has 1 aliphatic heterocycles. The maximum Gasteiger partial charge on any atom is 0.0996 e. The molecule has 19 heavy (non-hydrogen) atoms. The summed E-state index contributed by atoms with van der Waals surface area (Å²) in [4.78, 5) is 5.91. The predicted molar refractivity (Wildman–Crippen MR) is 78.5 cm³/mol. The van der Waals surface area contributed by atoms with Crippen LogP contribution in [0.5, 0.6) is 0 Å². The molecule has 1 N–H and O–H groups in total. The third-order valence-electron chi connectivity index (χ3n) is 3.76. The maximum atomic E-state index is 4.60. The molecule has 4 rings (SSSR count). The molecule has 0 radical (unpaired) electrons. The second kappa shape index (κ2) is 4.47. The molecule has 3 nitrogen and oxygen atoms in total. The SMILES string of the molecule is c1csc(-c2ccc3c([C@@H]4CCCN4)ncn3c2)c1. The van der Waals surface area contributed by atoms with Crippen molar-refractivity contribution in [2.24, 2.45) is 0 Å². The number of nitrogens with one attached hydrogen (secondary N) is 1. The lowest BCUT2D eigenvalue weighted by Gasteiger charge is -2.07. The van der Waals surface area contributed by atoms with Crippen LogP contribution >= 0.6 is 11.3 Å². The summed E-state index contributed by atoms with van der Waals surface area (Å²) in [7, 11) is 0. The van der Waals surface area contributed by atoms with Crippen LogP contribution in [0.1, 0.15) is 24.6 Å². The fourth-order valence-corrected chi connectivity index (χ4v) is 3.51. The average molecular weight is 269 g/mol. The number of pyridine rings is 1. The Morgan fingerprint density at radius 1 is 1.32 bits per heavy atom. The quantitative estimate of drug-likeness (QED) is 0.771. The average Bonchev–Trinajstić information content (AvgIpc) is 3.18. The molecule has 4 heteroatoms. The zero-order valence-corrected chi connectivity index (χ0v) is 11.4. The van der Waals surface area contributed by atoms with Crippen molar-refractivity contribution >= 4 is 16.9 Å². The van der Waals surface area contributed by atoms with E-state index in [0.29, 0.717) is 6.04 Å². The number of hydrogen-bond acceptors (Lipinski definition) is 3. The number of fused-ring (bicyclic) bond motifs is 1. The van der Waals surface area contributed by atoms with E-state index in [-0.39, 0.29) is 0 Å². The van der Waals surface area contributed by atoms with Crippen LogP contribution in [0.4, 0.5) is 0 Å². The van der Waals surface area contributed by atoms with Gasteiger partial charge in [0.2, 0.25) is 0 Å². The Hall–Kier alpha value is -1.65. The monoisotopic (exact) mass is 269 g/mol. The summed E-state index contributed by atoms with van der Waals surface area (Å²) in [6.07, 6.45) is 6.55. The van der Waals surface area contributed by atoms with Crippen LogP contribution in [-0.2, 0) is 0 Å². The zero-order valence-electron chi connectivity index (χ0n) is 10.5. The Balaban J connectivity index is 1.79. The third kappa shape index (κ3) is 1.88. The summed E-state index contributed by atoms with van der Waals surface area (Å²) in [5, 5.41) is 5.63. The summed E-state index contributed by atoms with van der Waals surface area (Å²) in [6, 6.07) is 9.06. The Labute approximate surface area is 115 Å². The maximum absolute atomic E-state index is 4.60. The number of imidazole rings is 1. The van der Waals surface area contributed by atoms with Crippen molar-refractivity contribution in [3.63, 3.8) is 0 Å². The first kappa shape index (κ1) is 11.2. The van der Waals surface area contributed by atoms with Crippen molar-refractivity contribution in [2.75, 3.05) is 6.54 Å². The Morgan fingerprint density at radius 2 is 2.32 bits per heavy atom. The lowest BCUT2D eigenvalue weighted by molar-refractivity contribution is 0.636. The molecule has 1 atom stereocenters. The molecule has 0 amide bonds. The van der Waals surface area contributed by atoms with Crippen molar-refractivity contribution in [3.05, 3.63) is 47.9 Å². The Kier molecular flexibility index (Phi) is 2.64. The molecule has 96 valence electrons. The molecule has 3 aromatic rings. The van der Waals surface area contributed by atoms with Crippen molar-refractivity contribution in [1.29, 1.82) is 0 Å². The van der Waals surface area contributed by atoms with Gasteiger partial charge in [0.05, 0.1) is 23.6 Å². The molecule has 0 spiro atoms. The van der Waals surface area contributed by atoms with Gasteiger partial charge in [0, 0.05) is 16.6 Å². The minimum Gasteiger partial charge on any atom is -0.309 e. The number of aromatic nitrogens is 2. The van der Waals surface area contributed by atoms with Crippen LogP contribution in [0, 0.1) is 0 Å².